The van der Waals surface area contributed by atoms with Gasteiger partial charge in [0.1, 0.15) is 0 Å². The summed E-state index contributed by atoms with van der Waals surface area (Å²) in [5, 5.41) is 5.21. The van der Waals surface area contributed by atoms with Gasteiger partial charge < -0.3 is 12.4 Å². The molecule has 0 fully saturated rings. The van der Waals surface area contributed by atoms with Crippen LogP contribution in [0.1, 0.15) is 58.2 Å². The van der Waals surface area contributed by atoms with E-state index in [0.717, 1.165) is 14.1 Å². The molecular formula is C29H39ClP2Pd. The van der Waals surface area contributed by atoms with Crippen molar-refractivity contribution in [3.63, 3.8) is 0 Å². The van der Waals surface area contributed by atoms with E-state index in [-0.39, 0.29) is 32.8 Å². The Morgan fingerprint density at radius 1 is 0.606 bits per heavy atom. The molecule has 0 aliphatic heterocycles. The molecule has 0 bridgehead atoms. The van der Waals surface area contributed by atoms with Gasteiger partial charge in [-0.25, -0.2) is 0 Å². The van der Waals surface area contributed by atoms with Crippen molar-refractivity contribution in [2.75, 3.05) is 0 Å². The maximum atomic E-state index is 4.27. The molecular weight excluding hydrogens is 552 g/mol. The van der Waals surface area contributed by atoms with E-state index < -0.39 is 7.92 Å². The molecule has 0 aliphatic rings. The third-order valence-corrected chi connectivity index (χ3v) is 9.08. The Bertz CT molecular complexity index is 867. The Morgan fingerprint density at radius 2 is 0.939 bits per heavy atom. The zero-order chi connectivity index (χ0) is 23.2. The summed E-state index contributed by atoms with van der Waals surface area (Å²) in [5.41, 5.74) is 3.82. The molecule has 0 saturated carbocycles. The van der Waals surface area contributed by atoms with Gasteiger partial charge >= 0.3 is 20.4 Å². The standard InChI is InChI=1S/C21H20P.C8H19P.ClH.Pd/c1-16-10-4-7-13-19(16)22(20-14-8-5-11-17(20)2)21-15-9-6-12-18(21)3;1-7(2,3)9-8(4,5)6;;/h4-15H,1H2,2-3H3;9H,1-6H3;1H;/q-1;;;+2/p-1. The molecule has 182 valence electrons. The molecule has 0 atom stereocenters. The van der Waals surface area contributed by atoms with Crippen molar-refractivity contribution in [3.8, 4) is 0 Å². The summed E-state index contributed by atoms with van der Waals surface area (Å²) in [7, 11) is 0.480. The molecule has 0 spiro atoms. The van der Waals surface area contributed by atoms with Gasteiger partial charge in [-0.2, -0.15) is 18.6 Å². The van der Waals surface area contributed by atoms with Crippen LogP contribution in [0.3, 0.4) is 0 Å². The first kappa shape index (κ1) is 32.3. The smallest absolute Gasteiger partial charge is 1.00 e. The molecule has 0 amide bonds. The van der Waals surface area contributed by atoms with Gasteiger partial charge in [-0.3, -0.25) is 0 Å². The number of aryl methyl sites for hydroxylation is 2. The Morgan fingerprint density at radius 3 is 1.24 bits per heavy atom. The molecule has 0 nitrogen and oxygen atoms in total. The second kappa shape index (κ2) is 14.0. The molecule has 3 rings (SSSR count). The minimum Gasteiger partial charge on any atom is -1.00 e. The van der Waals surface area contributed by atoms with Crippen molar-refractivity contribution < 1.29 is 32.8 Å². The van der Waals surface area contributed by atoms with Gasteiger partial charge in [0.25, 0.3) is 0 Å². The van der Waals surface area contributed by atoms with Crippen LogP contribution in [0, 0.1) is 20.8 Å². The normalized spacial score (nSPS) is 11.1. The van der Waals surface area contributed by atoms with Gasteiger partial charge in [-0.05, 0) is 45.9 Å². The second-order valence-corrected chi connectivity index (χ2v) is 15.5. The van der Waals surface area contributed by atoms with Crippen LogP contribution in [-0.2, 0) is 20.4 Å². The van der Waals surface area contributed by atoms with Crippen LogP contribution in [0.15, 0.2) is 72.8 Å². The minimum atomic E-state index is -0.571. The molecule has 0 unspecified atom stereocenters. The molecule has 33 heavy (non-hydrogen) atoms. The summed E-state index contributed by atoms with van der Waals surface area (Å²) in [4.78, 5) is 0. The van der Waals surface area contributed by atoms with E-state index in [1.54, 1.807) is 0 Å². The molecule has 3 aromatic rings. The summed E-state index contributed by atoms with van der Waals surface area (Å²) in [5.74, 6) is 0. The van der Waals surface area contributed by atoms with Crippen LogP contribution in [0.4, 0.5) is 0 Å². The number of hydrogen-bond donors (Lipinski definition) is 0. The third kappa shape index (κ3) is 10.6. The summed E-state index contributed by atoms with van der Waals surface area (Å²) in [6.45, 7) is 22.5. The third-order valence-electron chi connectivity index (χ3n) is 4.70. The molecule has 0 aliphatic carbocycles. The van der Waals surface area contributed by atoms with Gasteiger partial charge in [-0.1, -0.05) is 104 Å². The summed E-state index contributed by atoms with van der Waals surface area (Å²) in [6, 6.07) is 26.0. The van der Waals surface area contributed by atoms with Crippen molar-refractivity contribution in [1.82, 2.24) is 0 Å². The molecule has 4 heteroatoms. The fourth-order valence-corrected chi connectivity index (χ4v) is 8.82. The SMILES string of the molecule is CC(C)(C)PC(C)(C)C.[CH2-]c1ccccc1P(c1ccccc1C)c1ccccc1C.[Cl-].[Pd+2]. The molecule has 0 N–H and O–H groups in total. The maximum absolute atomic E-state index is 4.27. The van der Waals surface area contributed by atoms with E-state index >= 15 is 0 Å². The monoisotopic (exact) mass is 590 g/mol. The molecule has 0 saturated heterocycles. The first-order chi connectivity index (χ1) is 14.4. The Balaban J connectivity index is 0.000000805. The molecule has 3 aromatic carbocycles. The van der Waals surface area contributed by atoms with Gasteiger partial charge in [0.2, 0.25) is 0 Å². The second-order valence-electron chi connectivity index (χ2n) is 10.2. The van der Waals surface area contributed by atoms with Crippen LogP contribution in [-0.4, -0.2) is 10.3 Å². The number of benzene rings is 3. The fourth-order valence-electron chi connectivity index (χ4n) is 3.87. The van der Waals surface area contributed by atoms with Gasteiger partial charge in [0.15, 0.2) is 0 Å². The van der Waals surface area contributed by atoms with Crippen molar-refractivity contribution in [1.29, 1.82) is 0 Å². The average Bonchev–Trinajstić information content (AvgIpc) is 2.64. The van der Waals surface area contributed by atoms with E-state index in [1.165, 1.54) is 27.0 Å². The zero-order valence-corrected chi connectivity index (χ0v) is 25.5. The van der Waals surface area contributed by atoms with Crippen LogP contribution >= 0.6 is 16.5 Å². The van der Waals surface area contributed by atoms with Crippen LogP contribution in [0.5, 0.6) is 0 Å². The van der Waals surface area contributed by atoms with Gasteiger partial charge in [0.05, 0.1) is 0 Å². The van der Waals surface area contributed by atoms with Crippen LogP contribution in [0.2, 0.25) is 0 Å². The molecule has 0 radical (unpaired) electrons. The van der Waals surface area contributed by atoms with Crippen molar-refractivity contribution in [2.45, 2.75) is 65.7 Å². The van der Waals surface area contributed by atoms with Crippen molar-refractivity contribution in [3.05, 3.63) is 96.4 Å². The first-order valence-corrected chi connectivity index (χ1v) is 13.3. The van der Waals surface area contributed by atoms with E-state index in [2.05, 4.69) is 135 Å². The van der Waals surface area contributed by atoms with E-state index in [4.69, 9.17) is 0 Å². The minimum absolute atomic E-state index is 0. The first-order valence-electron chi connectivity index (χ1n) is 11.0. The van der Waals surface area contributed by atoms with Crippen LogP contribution in [0.25, 0.3) is 0 Å². The summed E-state index contributed by atoms with van der Waals surface area (Å²) in [6.07, 6.45) is 0. The van der Waals surface area contributed by atoms with Gasteiger partial charge in [0, 0.05) is 0 Å². The average molecular weight is 591 g/mol. The maximum Gasteiger partial charge on any atom is 2.00 e. The number of halogens is 1. The van der Waals surface area contributed by atoms with E-state index in [9.17, 15) is 0 Å². The predicted octanol–water partition coefficient (Wildman–Crippen LogP) is 4.51. The van der Waals surface area contributed by atoms with Crippen LogP contribution < -0.4 is 28.3 Å². The van der Waals surface area contributed by atoms with Crippen molar-refractivity contribution >= 4 is 32.4 Å². The molecule has 0 aromatic heterocycles. The summed E-state index contributed by atoms with van der Waals surface area (Å²) >= 11 is 0. The Labute approximate surface area is 226 Å². The van der Waals surface area contributed by atoms with E-state index in [1.807, 2.05) is 0 Å². The zero-order valence-electron chi connectivity index (χ0n) is 21.3. The molecule has 0 heterocycles. The quantitative estimate of drug-likeness (QED) is 0.239. The summed E-state index contributed by atoms with van der Waals surface area (Å²) < 4.78 is 0. The Hall–Kier alpha value is -0.658. The van der Waals surface area contributed by atoms with E-state index in [0.29, 0.717) is 10.3 Å². The van der Waals surface area contributed by atoms with Crippen molar-refractivity contribution in [2.24, 2.45) is 0 Å². The largest absolute Gasteiger partial charge is 2.00 e. The Kier molecular flexibility index (Phi) is 13.8. The fraction of sp³-hybridized carbons (Fsp3) is 0.345. The van der Waals surface area contributed by atoms with Gasteiger partial charge in [-0.15, -0.1) is 26.0 Å². The topological polar surface area (TPSA) is 0 Å². The number of rotatable bonds is 3. The predicted molar refractivity (Wildman–Crippen MR) is 147 cm³/mol. The number of hydrogen-bond acceptors (Lipinski definition) is 0.